The molecule has 0 saturated heterocycles. The van der Waals surface area contributed by atoms with Gasteiger partial charge in [-0.25, -0.2) is 0 Å². The van der Waals surface area contributed by atoms with E-state index < -0.39 is 0 Å². The highest BCUT2D eigenvalue weighted by Crippen LogP contribution is 2.36. The minimum Gasteiger partial charge on any atom is -0.324 e. The Balaban J connectivity index is 2.22. The van der Waals surface area contributed by atoms with Crippen LogP contribution in [0.2, 0.25) is 0 Å². The van der Waals surface area contributed by atoms with Crippen molar-refractivity contribution in [1.82, 2.24) is 5.32 Å². The molecular formula is C11H10BrN3O. The maximum Gasteiger partial charge on any atom is 0.246 e. The van der Waals surface area contributed by atoms with Crippen molar-refractivity contribution in [1.29, 1.82) is 5.26 Å². The molecule has 0 bridgehead atoms. The number of nitrogens with one attached hydrogen (secondary N) is 2. The summed E-state index contributed by atoms with van der Waals surface area (Å²) >= 11 is 3.43. The number of carbonyl (C=O) groups excluding carboxylic acids is 1. The number of halogens is 1. The number of fused-ring (bicyclic) bond motifs is 1. The van der Waals surface area contributed by atoms with Crippen molar-refractivity contribution in [3.8, 4) is 6.07 Å². The molecule has 82 valence electrons. The molecule has 1 unspecified atom stereocenters. The lowest BCUT2D eigenvalue weighted by molar-refractivity contribution is -0.117. The molecule has 0 aliphatic carbocycles. The second kappa shape index (κ2) is 4.64. The zero-order valence-electron chi connectivity index (χ0n) is 8.46. The van der Waals surface area contributed by atoms with Crippen LogP contribution in [0.1, 0.15) is 18.0 Å². The van der Waals surface area contributed by atoms with Crippen LogP contribution >= 0.6 is 15.9 Å². The van der Waals surface area contributed by atoms with E-state index in [1.165, 1.54) is 0 Å². The second-order valence-corrected chi connectivity index (χ2v) is 4.34. The van der Waals surface area contributed by atoms with E-state index in [4.69, 9.17) is 5.26 Å². The van der Waals surface area contributed by atoms with Crippen LogP contribution in [-0.2, 0) is 4.79 Å². The van der Waals surface area contributed by atoms with Crippen molar-refractivity contribution in [2.24, 2.45) is 0 Å². The van der Waals surface area contributed by atoms with Crippen molar-refractivity contribution in [3.63, 3.8) is 0 Å². The summed E-state index contributed by atoms with van der Waals surface area (Å²) in [7, 11) is 0. The normalized spacial score (nSPS) is 17.8. The van der Waals surface area contributed by atoms with Gasteiger partial charge in [-0.05, 0) is 12.1 Å². The van der Waals surface area contributed by atoms with Gasteiger partial charge in [-0.3, -0.25) is 4.79 Å². The van der Waals surface area contributed by atoms with Crippen LogP contribution in [0.4, 0.5) is 5.69 Å². The van der Waals surface area contributed by atoms with Crippen LogP contribution in [0.5, 0.6) is 0 Å². The molecule has 1 aromatic carbocycles. The van der Waals surface area contributed by atoms with Crippen LogP contribution in [-0.4, -0.2) is 12.5 Å². The molecule has 4 nitrogen and oxygen atoms in total. The minimum atomic E-state index is -0.362. The molecule has 1 heterocycles. The summed E-state index contributed by atoms with van der Waals surface area (Å²) in [4.78, 5) is 11.7. The summed E-state index contributed by atoms with van der Waals surface area (Å²) in [5.74, 6) is -0.0696. The van der Waals surface area contributed by atoms with Crippen LogP contribution in [0.25, 0.3) is 0 Å². The molecule has 2 N–H and O–H groups in total. The third kappa shape index (κ3) is 1.94. The molecule has 0 saturated carbocycles. The molecule has 1 amide bonds. The topological polar surface area (TPSA) is 64.9 Å². The average molecular weight is 280 g/mol. The maximum atomic E-state index is 11.7. The van der Waals surface area contributed by atoms with Gasteiger partial charge in [-0.1, -0.05) is 22.0 Å². The summed E-state index contributed by atoms with van der Waals surface area (Å²) in [6.45, 7) is 0.509. The van der Waals surface area contributed by atoms with Gasteiger partial charge >= 0.3 is 0 Å². The number of amides is 1. The third-order valence-electron chi connectivity index (χ3n) is 2.45. The summed E-state index contributed by atoms with van der Waals surface area (Å²) in [6.07, 6.45) is 0.392. The fraction of sp³-hybridized carbons (Fsp3) is 0.273. The molecule has 1 aliphatic rings. The Morgan fingerprint density at radius 2 is 2.38 bits per heavy atom. The van der Waals surface area contributed by atoms with Gasteiger partial charge in [0.1, 0.15) is 6.04 Å². The first-order chi connectivity index (χ1) is 7.74. The Morgan fingerprint density at radius 1 is 1.56 bits per heavy atom. The van der Waals surface area contributed by atoms with Crippen LogP contribution in [0.15, 0.2) is 22.7 Å². The van der Waals surface area contributed by atoms with Crippen LogP contribution < -0.4 is 10.6 Å². The second-order valence-electron chi connectivity index (χ2n) is 3.49. The SMILES string of the molecule is N#CCCNC1C(=O)Nc2cccc(Br)c21. The molecule has 0 fully saturated rings. The highest BCUT2D eigenvalue weighted by atomic mass is 79.9. The standard InChI is InChI=1S/C11H10BrN3O/c12-7-3-1-4-8-9(7)10(11(16)15-8)14-6-2-5-13/h1,3-4,10,14H,2,6H2,(H,15,16). The summed E-state index contributed by atoms with van der Waals surface area (Å²) < 4.78 is 0.901. The van der Waals surface area contributed by atoms with Crippen LogP contribution in [0.3, 0.4) is 0 Å². The van der Waals surface area contributed by atoms with E-state index >= 15 is 0 Å². The minimum absolute atomic E-state index is 0.0696. The lowest BCUT2D eigenvalue weighted by Gasteiger charge is -2.11. The number of anilines is 1. The number of benzene rings is 1. The molecule has 1 aromatic rings. The van der Waals surface area contributed by atoms with Gasteiger partial charge in [0.05, 0.1) is 6.07 Å². The van der Waals surface area contributed by atoms with Crippen molar-refractivity contribution >= 4 is 27.5 Å². The number of rotatable bonds is 3. The van der Waals surface area contributed by atoms with E-state index in [1.807, 2.05) is 24.3 Å². The van der Waals surface area contributed by atoms with Crippen LogP contribution in [0, 0.1) is 11.3 Å². The highest BCUT2D eigenvalue weighted by molar-refractivity contribution is 9.10. The van der Waals surface area contributed by atoms with E-state index in [-0.39, 0.29) is 11.9 Å². The van der Waals surface area contributed by atoms with Crippen molar-refractivity contribution in [3.05, 3.63) is 28.2 Å². The molecule has 16 heavy (non-hydrogen) atoms. The molecular weight excluding hydrogens is 270 g/mol. The lowest BCUT2D eigenvalue weighted by Crippen LogP contribution is -2.28. The molecule has 0 radical (unpaired) electrons. The molecule has 1 aliphatic heterocycles. The first kappa shape index (κ1) is 11.1. The molecule has 2 rings (SSSR count). The molecule has 1 atom stereocenters. The van der Waals surface area contributed by atoms with Gasteiger partial charge < -0.3 is 10.6 Å². The number of carbonyl (C=O) groups is 1. The molecule has 0 aromatic heterocycles. The fourth-order valence-electron chi connectivity index (χ4n) is 1.74. The summed E-state index contributed by atoms with van der Waals surface area (Å²) in [5.41, 5.74) is 1.75. The van der Waals surface area contributed by atoms with Crippen molar-refractivity contribution in [2.45, 2.75) is 12.5 Å². The van der Waals surface area contributed by atoms with E-state index in [2.05, 4.69) is 26.6 Å². The van der Waals surface area contributed by atoms with E-state index in [9.17, 15) is 4.79 Å². The summed E-state index contributed by atoms with van der Waals surface area (Å²) in [5, 5.41) is 14.3. The Labute approximate surface area is 102 Å². The monoisotopic (exact) mass is 279 g/mol. The number of nitriles is 1. The van der Waals surface area contributed by atoms with Gasteiger partial charge in [-0.15, -0.1) is 0 Å². The van der Waals surface area contributed by atoms with E-state index in [0.717, 1.165) is 15.7 Å². The van der Waals surface area contributed by atoms with Crippen molar-refractivity contribution < 1.29 is 4.79 Å². The largest absolute Gasteiger partial charge is 0.324 e. The third-order valence-corrected chi connectivity index (χ3v) is 3.14. The Kier molecular flexibility index (Phi) is 3.22. The first-order valence-electron chi connectivity index (χ1n) is 4.93. The summed E-state index contributed by atoms with van der Waals surface area (Å²) in [6, 6.07) is 7.32. The zero-order valence-corrected chi connectivity index (χ0v) is 10.0. The van der Waals surface area contributed by atoms with Gasteiger partial charge in [0, 0.05) is 28.7 Å². The predicted molar refractivity (Wildman–Crippen MR) is 63.7 cm³/mol. The maximum absolute atomic E-state index is 11.7. The van der Waals surface area contributed by atoms with E-state index in [0.29, 0.717) is 13.0 Å². The first-order valence-corrected chi connectivity index (χ1v) is 5.73. The quantitative estimate of drug-likeness (QED) is 0.832. The van der Waals surface area contributed by atoms with Crippen molar-refractivity contribution in [2.75, 3.05) is 11.9 Å². The van der Waals surface area contributed by atoms with Gasteiger partial charge in [-0.2, -0.15) is 5.26 Å². The van der Waals surface area contributed by atoms with Gasteiger partial charge in [0.15, 0.2) is 0 Å². The number of hydrogen-bond acceptors (Lipinski definition) is 3. The number of hydrogen-bond donors (Lipinski definition) is 2. The molecule has 0 spiro atoms. The average Bonchev–Trinajstić information content (AvgIpc) is 2.57. The number of nitrogens with zero attached hydrogens (tertiary/aromatic N) is 1. The van der Waals surface area contributed by atoms with E-state index in [1.54, 1.807) is 0 Å². The van der Waals surface area contributed by atoms with Gasteiger partial charge in [0.25, 0.3) is 0 Å². The smallest absolute Gasteiger partial charge is 0.246 e. The Hall–Kier alpha value is -1.38. The highest BCUT2D eigenvalue weighted by Gasteiger charge is 2.31. The van der Waals surface area contributed by atoms with Gasteiger partial charge in [0.2, 0.25) is 5.91 Å². The fourth-order valence-corrected chi connectivity index (χ4v) is 2.34. The Morgan fingerprint density at radius 3 is 3.12 bits per heavy atom. The zero-order chi connectivity index (χ0) is 11.5. The predicted octanol–water partition coefficient (Wildman–Crippen LogP) is 1.95. The lowest BCUT2D eigenvalue weighted by atomic mass is 10.1. The molecule has 5 heteroatoms. The Bertz CT molecular complexity index is 467.